The molecule has 2 atom stereocenters. The van der Waals surface area contributed by atoms with Gasteiger partial charge in [-0.2, -0.15) is 0 Å². The highest BCUT2D eigenvalue weighted by molar-refractivity contribution is 7.92. The van der Waals surface area contributed by atoms with Crippen LogP contribution in [0.4, 0.5) is 5.69 Å². The molecule has 0 saturated heterocycles. The lowest BCUT2D eigenvalue weighted by Gasteiger charge is -2.34. The second kappa shape index (κ2) is 15.4. The summed E-state index contributed by atoms with van der Waals surface area (Å²) in [6, 6.07) is 28.3. The summed E-state index contributed by atoms with van der Waals surface area (Å²) in [5.41, 5.74) is 2.83. The van der Waals surface area contributed by atoms with Crippen molar-refractivity contribution in [2.75, 3.05) is 10.8 Å². The quantitative estimate of drug-likeness (QED) is 0.166. The number of hydrogen-bond donors (Lipinski definition) is 1. The third kappa shape index (κ3) is 9.10. The van der Waals surface area contributed by atoms with Gasteiger partial charge in [0.1, 0.15) is 12.6 Å². The van der Waals surface area contributed by atoms with Crippen LogP contribution < -0.4 is 9.62 Å². The molecular formula is C35H37Cl2N3O4S. The number of anilines is 1. The first kappa shape index (κ1) is 34.0. The minimum Gasteiger partial charge on any atom is -0.352 e. The van der Waals surface area contributed by atoms with E-state index in [0.29, 0.717) is 6.42 Å². The molecular weight excluding hydrogens is 629 g/mol. The van der Waals surface area contributed by atoms with Crippen LogP contribution >= 0.6 is 23.2 Å². The van der Waals surface area contributed by atoms with Crippen LogP contribution in [0, 0.1) is 6.92 Å². The molecule has 2 amide bonds. The van der Waals surface area contributed by atoms with Crippen molar-refractivity contribution in [2.45, 2.75) is 57.1 Å². The van der Waals surface area contributed by atoms with Crippen LogP contribution in [0.2, 0.25) is 10.0 Å². The van der Waals surface area contributed by atoms with Gasteiger partial charge in [-0.15, -0.1) is 0 Å². The van der Waals surface area contributed by atoms with E-state index in [1.807, 2.05) is 75.4 Å². The Hall–Kier alpha value is -3.85. The number of benzene rings is 4. The second-order valence-corrected chi connectivity index (χ2v) is 13.7. The van der Waals surface area contributed by atoms with E-state index >= 15 is 0 Å². The van der Waals surface area contributed by atoms with E-state index in [-0.39, 0.29) is 45.5 Å². The standard InChI is InChI=1S/C35H37Cl2N3O4S/c1-4-26(3)38-35(42)33(19-27-11-7-5-8-12-27)39(23-28-17-15-25(2)16-18-28)34(41)24-40(31-21-29(36)20-30(37)22-31)45(43,44)32-13-9-6-10-14-32/h5-18,20-22,26,33H,4,19,23-24H2,1-3H3,(H,38,42)/t26-,33+/m1/s1. The van der Waals surface area contributed by atoms with Gasteiger partial charge in [-0.25, -0.2) is 8.42 Å². The first-order valence-electron chi connectivity index (χ1n) is 14.7. The van der Waals surface area contributed by atoms with Crippen LogP contribution in [0.3, 0.4) is 0 Å². The number of nitrogens with one attached hydrogen (secondary N) is 1. The van der Waals surface area contributed by atoms with Crippen LogP contribution in [0.25, 0.3) is 0 Å². The van der Waals surface area contributed by atoms with Gasteiger partial charge in [0.25, 0.3) is 10.0 Å². The molecule has 0 heterocycles. The topological polar surface area (TPSA) is 86.8 Å². The van der Waals surface area contributed by atoms with Gasteiger partial charge in [-0.3, -0.25) is 13.9 Å². The number of nitrogens with zero attached hydrogens (tertiary/aromatic N) is 2. The van der Waals surface area contributed by atoms with Gasteiger partial charge in [0.05, 0.1) is 10.6 Å². The lowest BCUT2D eigenvalue weighted by molar-refractivity contribution is -0.140. The third-order valence-electron chi connectivity index (χ3n) is 7.49. The zero-order chi connectivity index (χ0) is 32.6. The Bertz CT molecular complexity index is 1680. The van der Waals surface area contributed by atoms with Crippen molar-refractivity contribution in [2.24, 2.45) is 0 Å². The van der Waals surface area contributed by atoms with Crippen molar-refractivity contribution in [3.05, 3.63) is 130 Å². The fourth-order valence-electron chi connectivity index (χ4n) is 4.82. The molecule has 0 fully saturated rings. The molecule has 0 aliphatic carbocycles. The van der Waals surface area contributed by atoms with E-state index < -0.39 is 28.5 Å². The summed E-state index contributed by atoms with van der Waals surface area (Å²) >= 11 is 12.6. The third-order valence-corrected chi connectivity index (χ3v) is 9.72. The van der Waals surface area contributed by atoms with Crippen molar-refractivity contribution in [3.63, 3.8) is 0 Å². The first-order valence-corrected chi connectivity index (χ1v) is 16.9. The number of carbonyl (C=O) groups is 2. The summed E-state index contributed by atoms with van der Waals surface area (Å²) in [4.78, 5) is 29.9. The van der Waals surface area contributed by atoms with Crippen LogP contribution in [0.1, 0.15) is 37.0 Å². The molecule has 4 aromatic carbocycles. The van der Waals surface area contributed by atoms with Crippen molar-refractivity contribution < 1.29 is 18.0 Å². The van der Waals surface area contributed by atoms with Crippen LogP contribution in [-0.4, -0.2) is 43.8 Å². The van der Waals surface area contributed by atoms with Crippen molar-refractivity contribution >= 4 is 50.7 Å². The Morgan fingerprint density at radius 3 is 1.98 bits per heavy atom. The summed E-state index contributed by atoms with van der Waals surface area (Å²) < 4.78 is 29.2. The molecule has 0 unspecified atom stereocenters. The number of rotatable bonds is 13. The molecule has 0 radical (unpaired) electrons. The number of carbonyl (C=O) groups excluding carboxylic acids is 2. The molecule has 1 N–H and O–H groups in total. The van der Waals surface area contributed by atoms with Crippen molar-refractivity contribution in [1.82, 2.24) is 10.2 Å². The minimum atomic E-state index is -4.25. The van der Waals surface area contributed by atoms with Gasteiger partial charge in [0.15, 0.2) is 0 Å². The summed E-state index contributed by atoms with van der Waals surface area (Å²) in [5, 5.41) is 3.46. The first-order chi connectivity index (χ1) is 21.5. The number of hydrogen-bond acceptors (Lipinski definition) is 4. The predicted octanol–water partition coefficient (Wildman–Crippen LogP) is 7.05. The molecule has 0 aromatic heterocycles. The molecule has 236 valence electrons. The predicted molar refractivity (Wildman–Crippen MR) is 181 cm³/mol. The van der Waals surface area contributed by atoms with Gasteiger partial charge in [0, 0.05) is 29.1 Å². The number of amides is 2. The lowest BCUT2D eigenvalue weighted by Crippen LogP contribution is -2.54. The van der Waals surface area contributed by atoms with E-state index in [4.69, 9.17) is 23.2 Å². The van der Waals surface area contributed by atoms with E-state index in [1.54, 1.807) is 18.2 Å². The monoisotopic (exact) mass is 665 g/mol. The Labute approximate surface area is 275 Å². The zero-order valence-electron chi connectivity index (χ0n) is 25.5. The average molecular weight is 667 g/mol. The molecule has 0 aliphatic heterocycles. The maximum absolute atomic E-state index is 14.5. The molecule has 7 nitrogen and oxygen atoms in total. The highest BCUT2D eigenvalue weighted by Crippen LogP contribution is 2.30. The molecule has 4 aromatic rings. The highest BCUT2D eigenvalue weighted by Gasteiger charge is 2.35. The molecule has 0 saturated carbocycles. The summed E-state index contributed by atoms with van der Waals surface area (Å²) in [7, 11) is -4.25. The van der Waals surface area contributed by atoms with Crippen LogP contribution in [-0.2, 0) is 32.6 Å². The Morgan fingerprint density at radius 1 is 0.822 bits per heavy atom. The second-order valence-electron chi connectivity index (χ2n) is 11.0. The zero-order valence-corrected chi connectivity index (χ0v) is 27.8. The Balaban J connectivity index is 1.82. The number of aryl methyl sites for hydroxylation is 1. The van der Waals surface area contributed by atoms with Crippen LogP contribution in [0.5, 0.6) is 0 Å². The maximum Gasteiger partial charge on any atom is 0.264 e. The largest absolute Gasteiger partial charge is 0.352 e. The molecule has 0 bridgehead atoms. The van der Waals surface area contributed by atoms with E-state index in [2.05, 4.69) is 5.32 Å². The maximum atomic E-state index is 14.5. The molecule has 45 heavy (non-hydrogen) atoms. The fraction of sp³-hybridized carbons (Fsp3) is 0.257. The van der Waals surface area contributed by atoms with E-state index in [0.717, 1.165) is 21.0 Å². The van der Waals surface area contributed by atoms with E-state index in [9.17, 15) is 18.0 Å². The smallest absolute Gasteiger partial charge is 0.264 e. The Morgan fingerprint density at radius 2 is 1.40 bits per heavy atom. The van der Waals surface area contributed by atoms with Crippen molar-refractivity contribution in [3.8, 4) is 0 Å². The summed E-state index contributed by atoms with van der Waals surface area (Å²) in [6.45, 7) is 5.32. The number of halogens is 2. The summed E-state index contributed by atoms with van der Waals surface area (Å²) in [6.07, 6.45) is 0.934. The van der Waals surface area contributed by atoms with Gasteiger partial charge >= 0.3 is 0 Å². The average Bonchev–Trinajstić information content (AvgIpc) is 3.02. The van der Waals surface area contributed by atoms with Crippen molar-refractivity contribution in [1.29, 1.82) is 0 Å². The highest BCUT2D eigenvalue weighted by atomic mass is 35.5. The molecule has 0 spiro atoms. The SMILES string of the molecule is CC[C@@H](C)NC(=O)[C@H](Cc1ccccc1)N(Cc1ccc(C)cc1)C(=O)CN(c1cc(Cl)cc(Cl)c1)S(=O)(=O)c1ccccc1. The molecule has 4 rings (SSSR count). The Kier molecular flexibility index (Phi) is 11.7. The number of sulfonamides is 1. The van der Waals surface area contributed by atoms with Gasteiger partial charge in [0.2, 0.25) is 11.8 Å². The van der Waals surface area contributed by atoms with E-state index in [1.165, 1.54) is 35.2 Å². The van der Waals surface area contributed by atoms with Gasteiger partial charge < -0.3 is 10.2 Å². The lowest BCUT2D eigenvalue weighted by atomic mass is 10.0. The molecule has 10 heteroatoms. The summed E-state index contributed by atoms with van der Waals surface area (Å²) in [5.74, 6) is -0.886. The van der Waals surface area contributed by atoms with Crippen LogP contribution in [0.15, 0.2) is 108 Å². The normalized spacial score (nSPS) is 12.6. The minimum absolute atomic E-state index is 0.00525. The fourth-order valence-corrected chi connectivity index (χ4v) is 6.75. The molecule has 0 aliphatic rings. The van der Waals surface area contributed by atoms with Gasteiger partial charge in [-0.05, 0) is 61.7 Å². The van der Waals surface area contributed by atoms with Gasteiger partial charge in [-0.1, -0.05) is 108 Å².